The van der Waals surface area contributed by atoms with Crippen molar-refractivity contribution in [1.82, 2.24) is 14.6 Å². The second-order valence-electron chi connectivity index (χ2n) is 5.18. The quantitative estimate of drug-likeness (QED) is 0.549. The van der Waals surface area contributed by atoms with Gasteiger partial charge in [0.1, 0.15) is 0 Å². The van der Waals surface area contributed by atoms with Crippen molar-refractivity contribution in [3.63, 3.8) is 0 Å². The second kappa shape index (κ2) is 6.62. The molecule has 0 aliphatic rings. The molecule has 0 saturated heterocycles. The highest BCUT2D eigenvalue weighted by molar-refractivity contribution is 7.99. The molecule has 0 atom stereocenters. The van der Waals surface area contributed by atoms with Crippen LogP contribution in [0.3, 0.4) is 0 Å². The smallest absolute Gasteiger partial charge is 0.225 e. The minimum atomic E-state index is 0.00429. The van der Waals surface area contributed by atoms with E-state index in [9.17, 15) is 4.79 Å². The highest BCUT2D eigenvalue weighted by Crippen LogP contribution is 2.29. The highest BCUT2D eigenvalue weighted by atomic mass is 32.2. The third-order valence-corrected chi connectivity index (χ3v) is 5.47. The van der Waals surface area contributed by atoms with Crippen LogP contribution in [0.4, 0.5) is 5.69 Å². The molecule has 5 nitrogen and oxygen atoms in total. The lowest BCUT2D eigenvalue weighted by molar-refractivity contribution is -0.115. The topological polar surface area (TPSA) is 59.3 Å². The minimum absolute atomic E-state index is 0.00429. The zero-order valence-corrected chi connectivity index (χ0v) is 14.3. The van der Waals surface area contributed by atoms with E-state index in [1.807, 2.05) is 42.5 Å². The predicted molar refractivity (Wildman–Crippen MR) is 98.8 cm³/mol. The van der Waals surface area contributed by atoms with Gasteiger partial charge in [-0.15, -0.1) is 10.2 Å². The molecule has 0 spiro atoms. The van der Waals surface area contributed by atoms with Gasteiger partial charge in [0.05, 0.1) is 10.2 Å². The molecule has 7 heteroatoms. The molecular formula is C17H14N4OS2. The number of thiazole rings is 1. The Kier molecular flexibility index (Phi) is 4.18. The lowest BCUT2D eigenvalue weighted by atomic mass is 10.3. The molecule has 0 radical (unpaired) electrons. The molecule has 0 aliphatic carbocycles. The third-order valence-electron chi connectivity index (χ3n) is 3.53. The molecule has 0 fully saturated rings. The van der Waals surface area contributed by atoms with Crippen LogP contribution in [0.25, 0.3) is 15.2 Å². The van der Waals surface area contributed by atoms with Gasteiger partial charge in [-0.25, -0.2) is 0 Å². The molecule has 1 amide bonds. The Morgan fingerprint density at radius 3 is 2.75 bits per heavy atom. The number of anilines is 1. The fourth-order valence-corrected chi connectivity index (χ4v) is 4.33. The number of aromatic nitrogens is 3. The summed E-state index contributed by atoms with van der Waals surface area (Å²) in [6.45, 7) is 0. The van der Waals surface area contributed by atoms with Crippen molar-refractivity contribution >= 4 is 49.9 Å². The number of amides is 1. The van der Waals surface area contributed by atoms with Crippen LogP contribution in [0.1, 0.15) is 6.42 Å². The number of nitrogens with one attached hydrogen (secondary N) is 1. The minimum Gasteiger partial charge on any atom is -0.326 e. The normalized spacial score (nSPS) is 11.2. The maximum absolute atomic E-state index is 12.0. The van der Waals surface area contributed by atoms with Crippen molar-refractivity contribution in [2.75, 3.05) is 11.1 Å². The van der Waals surface area contributed by atoms with Crippen molar-refractivity contribution in [1.29, 1.82) is 0 Å². The van der Waals surface area contributed by atoms with E-state index in [0.717, 1.165) is 21.3 Å². The monoisotopic (exact) mass is 354 g/mol. The summed E-state index contributed by atoms with van der Waals surface area (Å²) in [4.78, 5) is 12.9. The maximum atomic E-state index is 12.0. The molecule has 1 N–H and O–H groups in total. The molecule has 0 unspecified atom stereocenters. The first-order valence-electron chi connectivity index (χ1n) is 7.51. The van der Waals surface area contributed by atoms with Crippen LogP contribution in [0, 0.1) is 0 Å². The SMILES string of the molecule is O=C(CCSc1nnc2sc3ccccc3n12)Nc1ccccc1. The van der Waals surface area contributed by atoms with Crippen molar-refractivity contribution in [2.24, 2.45) is 0 Å². The molecular weight excluding hydrogens is 340 g/mol. The zero-order chi connectivity index (χ0) is 16.4. The summed E-state index contributed by atoms with van der Waals surface area (Å²) in [5.41, 5.74) is 1.93. The number of carbonyl (C=O) groups is 1. The zero-order valence-electron chi connectivity index (χ0n) is 12.7. The predicted octanol–water partition coefficient (Wildman–Crippen LogP) is 4.06. The van der Waals surface area contributed by atoms with Gasteiger partial charge in [0.2, 0.25) is 10.9 Å². The molecule has 0 saturated carbocycles. The van der Waals surface area contributed by atoms with Crippen LogP contribution in [-0.2, 0) is 4.79 Å². The van der Waals surface area contributed by atoms with Crippen LogP contribution in [0.2, 0.25) is 0 Å². The number of para-hydroxylation sites is 2. The molecule has 2 aromatic heterocycles. The first-order valence-corrected chi connectivity index (χ1v) is 9.32. The summed E-state index contributed by atoms with van der Waals surface area (Å²) in [7, 11) is 0. The fourth-order valence-electron chi connectivity index (χ4n) is 2.43. The van der Waals surface area contributed by atoms with Crippen LogP contribution in [0.15, 0.2) is 59.8 Å². The molecule has 2 heterocycles. The average molecular weight is 354 g/mol. The van der Waals surface area contributed by atoms with Crippen molar-refractivity contribution < 1.29 is 4.79 Å². The van der Waals surface area contributed by atoms with E-state index in [-0.39, 0.29) is 5.91 Å². The molecule has 2 aromatic carbocycles. The van der Waals surface area contributed by atoms with E-state index in [4.69, 9.17) is 0 Å². The highest BCUT2D eigenvalue weighted by Gasteiger charge is 2.13. The first kappa shape index (κ1) is 15.2. The number of rotatable bonds is 5. The number of benzene rings is 2. The van der Waals surface area contributed by atoms with E-state index in [1.165, 1.54) is 4.70 Å². The van der Waals surface area contributed by atoms with Crippen LogP contribution >= 0.6 is 23.1 Å². The Labute approximate surface area is 146 Å². The molecule has 4 aromatic rings. The second-order valence-corrected chi connectivity index (χ2v) is 7.25. The molecule has 0 bridgehead atoms. The van der Waals surface area contributed by atoms with Crippen LogP contribution in [0.5, 0.6) is 0 Å². The van der Waals surface area contributed by atoms with E-state index < -0.39 is 0 Å². The number of thioether (sulfide) groups is 1. The Hall–Kier alpha value is -2.38. The van der Waals surface area contributed by atoms with Gasteiger partial charge in [-0.2, -0.15) is 0 Å². The van der Waals surface area contributed by atoms with Gasteiger partial charge in [0.15, 0.2) is 5.16 Å². The van der Waals surface area contributed by atoms with Crippen LogP contribution in [-0.4, -0.2) is 26.3 Å². The summed E-state index contributed by atoms with van der Waals surface area (Å²) in [5, 5.41) is 12.2. The number of nitrogens with zero attached hydrogens (tertiary/aromatic N) is 3. The Morgan fingerprint density at radius 2 is 1.88 bits per heavy atom. The largest absolute Gasteiger partial charge is 0.326 e. The summed E-state index contributed by atoms with van der Waals surface area (Å²) < 4.78 is 3.24. The van der Waals surface area contributed by atoms with Gasteiger partial charge in [-0.05, 0) is 24.3 Å². The van der Waals surface area contributed by atoms with Gasteiger partial charge in [-0.3, -0.25) is 9.20 Å². The first-order chi connectivity index (χ1) is 11.8. The number of hydrogen-bond acceptors (Lipinski definition) is 5. The van der Waals surface area contributed by atoms with E-state index in [1.54, 1.807) is 23.1 Å². The summed E-state index contributed by atoms with van der Waals surface area (Å²) >= 11 is 3.17. The number of carbonyl (C=O) groups excluding carboxylic acids is 1. The van der Waals surface area contributed by atoms with E-state index >= 15 is 0 Å². The average Bonchev–Trinajstić information content (AvgIpc) is 3.15. The van der Waals surface area contributed by atoms with Gasteiger partial charge in [0.25, 0.3) is 0 Å². The lowest BCUT2D eigenvalue weighted by Crippen LogP contribution is -2.12. The Bertz CT molecular complexity index is 994. The van der Waals surface area contributed by atoms with Crippen molar-refractivity contribution in [3.05, 3.63) is 54.6 Å². The standard InChI is InChI=1S/C17H14N4OS2/c22-15(18-12-6-2-1-3-7-12)10-11-23-16-19-20-17-21(16)13-8-4-5-9-14(13)24-17/h1-9H,10-11H2,(H,18,22). The summed E-state index contributed by atoms with van der Waals surface area (Å²) in [5.74, 6) is 0.661. The van der Waals surface area contributed by atoms with Crippen molar-refractivity contribution in [3.8, 4) is 0 Å². The van der Waals surface area contributed by atoms with Crippen LogP contribution < -0.4 is 5.32 Å². The maximum Gasteiger partial charge on any atom is 0.225 e. The summed E-state index contributed by atoms with van der Waals surface area (Å²) in [6, 6.07) is 17.7. The fraction of sp³-hybridized carbons (Fsp3) is 0.118. The molecule has 120 valence electrons. The third kappa shape index (κ3) is 3.00. The van der Waals surface area contributed by atoms with Gasteiger partial charge < -0.3 is 5.32 Å². The molecule has 24 heavy (non-hydrogen) atoms. The molecule has 0 aliphatic heterocycles. The summed E-state index contributed by atoms with van der Waals surface area (Å²) in [6.07, 6.45) is 0.427. The van der Waals surface area contributed by atoms with Gasteiger partial charge in [0, 0.05) is 17.9 Å². The van der Waals surface area contributed by atoms with E-state index in [2.05, 4.69) is 32.0 Å². The van der Waals surface area contributed by atoms with Gasteiger partial charge >= 0.3 is 0 Å². The van der Waals surface area contributed by atoms with Gasteiger partial charge in [-0.1, -0.05) is 53.4 Å². The molecule has 4 rings (SSSR count). The van der Waals surface area contributed by atoms with Crippen molar-refractivity contribution in [2.45, 2.75) is 11.6 Å². The lowest BCUT2D eigenvalue weighted by Gasteiger charge is -2.04. The number of fused-ring (bicyclic) bond motifs is 3. The Balaban J connectivity index is 1.43. The Morgan fingerprint density at radius 1 is 1.08 bits per heavy atom. The van der Waals surface area contributed by atoms with E-state index in [0.29, 0.717) is 12.2 Å². The number of hydrogen-bond donors (Lipinski definition) is 1.